The SMILES string of the molecule is C=CCN1C(=O)N/C(=C\c2ccccc2Sc2ccc(Cl)cc2)C1=O. The molecular formula is C19H15ClN2O2S. The van der Waals surface area contributed by atoms with Crippen LogP contribution in [0.5, 0.6) is 0 Å². The second kappa shape index (κ2) is 7.59. The molecule has 6 heteroatoms. The summed E-state index contributed by atoms with van der Waals surface area (Å²) >= 11 is 7.48. The van der Waals surface area contributed by atoms with Crippen molar-refractivity contribution in [1.29, 1.82) is 0 Å². The first kappa shape index (κ1) is 17.3. The second-order valence-electron chi connectivity index (χ2n) is 5.29. The Morgan fingerprint density at radius 1 is 1.12 bits per heavy atom. The molecule has 0 radical (unpaired) electrons. The van der Waals surface area contributed by atoms with Gasteiger partial charge in [-0.15, -0.1) is 6.58 Å². The van der Waals surface area contributed by atoms with Gasteiger partial charge in [0.2, 0.25) is 0 Å². The molecule has 1 saturated heterocycles. The van der Waals surface area contributed by atoms with Gasteiger partial charge in [0.1, 0.15) is 5.70 Å². The van der Waals surface area contributed by atoms with Gasteiger partial charge >= 0.3 is 6.03 Å². The Morgan fingerprint density at radius 2 is 1.84 bits per heavy atom. The number of nitrogens with one attached hydrogen (secondary N) is 1. The first-order valence-electron chi connectivity index (χ1n) is 7.56. The van der Waals surface area contributed by atoms with Gasteiger partial charge in [-0.2, -0.15) is 0 Å². The van der Waals surface area contributed by atoms with Crippen molar-refractivity contribution in [2.24, 2.45) is 0 Å². The van der Waals surface area contributed by atoms with Crippen LogP contribution in [0, 0.1) is 0 Å². The Balaban J connectivity index is 1.88. The maximum absolute atomic E-state index is 12.3. The van der Waals surface area contributed by atoms with Gasteiger partial charge in [0, 0.05) is 21.4 Å². The van der Waals surface area contributed by atoms with E-state index in [0.717, 1.165) is 20.3 Å². The van der Waals surface area contributed by atoms with Crippen LogP contribution in [0.4, 0.5) is 4.79 Å². The van der Waals surface area contributed by atoms with E-state index in [9.17, 15) is 9.59 Å². The molecule has 1 heterocycles. The Morgan fingerprint density at radius 3 is 2.56 bits per heavy atom. The Bertz CT molecular complexity index is 862. The van der Waals surface area contributed by atoms with E-state index in [2.05, 4.69) is 11.9 Å². The molecule has 1 aliphatic rings. The van der Waals surface area contributed by atoms with Gasteiger partial charge < -0.3 is 5.32 Å². The van der Waals surface area contributed by atoms with E-state index < -0.39 is 6.03 Å². The molecule has 2 aromatic rings. The van der Waals surface area contributed by atoms with Gasteiger partial charge in [0.05, 0.1) is 0 Å². The number of halogens is 1. The number of benzene rings is 2. The number of carbonyl (C=O) groups is 2. The zero-order valence-corrected chi connectivity index (χ0v) is 14.8. The first-order chi connectivity index (χ1) is 12.1. The zero-order chi connectivity index (χ0) is 17.8. The molecule has 0 spiro atoms. The second-order valence-corrected chi connectivity index (χ2v) is 6.84. The quantitative estimate of drug-likeness (QED) is 0.476. The normalized spacial score (nSPS) is 15.6. The Hall–Kier alpha value is -2.50. The first-order valence-corrected chi connectivity index (χ1v) is 8.76. The fourth-order valence-electron chi connectivity index (χ4n) is 2.34. The third kappa shape index (κ3) is 3.95. The topological polar surface area (TPSA) is 49.4 Å². The highest BCUT2D eigenvalue weighted by Gasteiger charge is 2.32. The molecule has 1 N–H and O–H groups in total. The predicted octanol–water partition coefficient (Wildman–Crippen LogP) is 4.57. The van der Waals surface area contributed by atoms with E-state index in [0.29, 0.717) is 5.02 Å². The molecule has 2 aromatic carbocycles. The smallest absolute Gasteiger partial charge is 0.303 e. The van der Waals surface area contributed by atoms with E-state index in [1.165, 1.54) is 6.08 Å². The lowest BCUT2D eigenvalue weighted by atomic mass is 10.2. The maximum Gasteiger partial charge on any atom is 0.329 e. The van der Waals surface area contributed by atoms with Crippen LogP contribution in [0.3, 0.4) is 0 Å². The van der Waals surface area contributed by atoms with E-state index in [1.807, 2.05) is 48.5 Å². The van der Waals surface area contributed by atoms with Crippen LogP contribution < -0.4 is 5.32 Å². The molecule has 25 heavy (non-hydrogen) atoms. The van der Waals surface area contributed by atoms with E-state index in [1.54, 1.807) is 17.8 Å². The van der Waals surface area contributed by atoms with Crippen molar-refractivity contribution in [3.05, 3.63) is 77.5 Å². The number of urea groups is 1. The van der Waals surface area contributed by atoms with Gasteiger partial charge in [0.25, 0.3) is 5.91 Å². The van der Waals surface area contributed by atoms with Gasteiger partial charge in [-0.1, -0.05) is 47.6 Å². The molecule has 3 amide bonds. The Labute approximate surface area is 155 Å². The Kier molecular flexibility index (Phi) is 5.26. The van der Waals surface area contributed by atoms with Crippen molar-refractivity contribution in [3.63, 3.8) is 0 Å². The average molecular weight is 371 g/mol. The fourth-order valence-corrected chi connectivity index (χ4v) is 3.39. The molecule has 4 nitrogen and oxygen atoms in total. The highest BCUT2D eigenvalue weighted by atomic mass is 35.5. The average Bonchev–Trinajstić information content (AvgIpc) is 2.86. The molecule has 0 aliphatic carbocycles. The summed E-state index contributed by atoms with van der Waals surface area (Å²) in [4.78, 5) is 27.3. The number of amides is 3. The molecule has 0 unspecified atom stereocenters. The summed E-state index contributed by atoms with van der Waals surface area (Å²) in [5.74, 6) is -0.351. The molecule has 0 atom stereocenters. The van der Waals surface area contributed by atoms with Gasteiger partial charge in [0.15, 0.2) is 0 Å². The van der Waals surface area contributed by atoms with Crippen molar-refractivity contribution in [3.8, 4) is 0 Å². The van der Waals surface area contributed by atoms with Gasteiger partial charge in [-0.25, -0.2) is 4.79 Å². The number of carbonyl (C=O) groups excluding carboxylic acids is 2. The minimum absolute atomic E-state index is 0.184. The monoisotopic (exact) mass is 370 g/mol. The highest BCUT2D eigenvalue weighted by molar-refractivity contribution is 7.99. The summed E-state index contributed by atoms with van der Waals surface area (Å²) in [7, 11) is 0. The van der Waals surface area contributed by atoms with Crippen LogP contribution in [0.15, 0.2) is 76.7 Å². The fraction of sp³-hybridized carbons (Fsp3) is 0.0526. The van der Waals surface area contributed by atoms with Gasteiger partial charge in [-0.3, -0.25) is 9.69 Å². The summed E-state index contributed by atoms with van der Waals surface area (Å²) < 4.78 is 0. The predicted molar refractivity (Wildman–Crippen MR) is 100 cm³/mol. The van der Waals surface area contributed by atoms with Crippen molar-refractivity contribution in [2.75, 3.05) is 6.54 Å². The lowest BCUT2D eigenvalue weighted by molar-refractivity contribution is -0.122. The molecule has 0 bridgehead atoms. The molecule has 0 saturated carbocycles. The van der Waals surface area contributed by atoms with E-state index >= 15 is 0 Å². The van der Waals surface area contributed by atoms with Crippen LogP contribution in [0.25, 0.3) is 6.08 Å². The lowest BCUT2D eigenvalue weighted by Gasteiger charge is -2.08. The summed E-state index contributed by atoms with van der Waals surface area (Å²) in [6.45, 7) is 3.75. The van der Waals surface area contributed by atoms with Crippen molar-refractivity contribution < 1.29 is 9.59 Å². The molecule has 0 aromatic heterocycles. The summed E-state index contributed by atoms with van der Waals surface area (Å²) in [6.07, 6.45) is 3.21. The van der Waals surface area contributed by atoms with Crippen LogP contribution in [-0.2, 0) is 4.79 Å². The zero-order valence-electron chi connectivity index (χ0n) is 13.2. The highest BCUT2D eigenvalue weighted by Crippen LogP contribution is 2.32. The molecule has 3 rings (SSSR count). The minimum Gasteiger partial charge on any atom is -0.303 e. The standard InChI is InChI=1S/C19H15ClN2O2S/c1-2-11-22-18(23)16(21-19(22)24)12-13-5-3-4-6-17(13)25-15-9-7-14(20)8-10-15/h2-10,12H,1,11H2,(H,21,24)/b16-12-. The van der Waals surface area contributed by atoms with Gasteiger partial charge in [-0.05, 0) is 42.0 Å². The number of hydrogen-bond acceptors (Lipinski definition) is 3. The summed E-state index contributed by atoms with van der Waals surface area (Å²) in [6, 6.07) is 14.8. The number of hydrogen-bond donors (Lipinski definition) is 1. The van der Waals surface area contributed by atoms with Crippen molar-refractivity contribution >= 4 is 41.4 Å². The molecular weight excluding hydrogens is 356 g/mol. The summed E-state index contributed by atoms with van der Waals surface area (Å²) in [5, 5.41) is 3.29. The maximum atomic E-state index is 12.3. The van der Waals surface area contributed by atoms with E-state index in [-0.39, 0.29) is 18.1 Å². The van der Waals surface area contributed by atoms with Crippen molar-refractivity contribution in [2.45, 2.75) is 9.79 Å². The van der Waals surface area contributed by atoms with Crippen LogP contribution in [-0.4, -0.2) is 23.4 Å². The lowest BCUT2D eigenvalue weighted by Crippen LogP contribution is -2.30. The van der Waals surface area contributed by atoms with Crippen LogP contribution in [0.2, 0.25) is 5.02 Å². The van der Waals surface area contributed by atoms with Crippen LogP contribution >= 0.6 is 23.4 Å². The summed E-state index contributed by atoms with van der Waals surface area (Å²) in [5.41, 5.74) is 1.11. The molecule has 126 valence electrons. The third-order valence-corrected chi connectivity index (χ3v) is 4.89. The number of imide groups is 1. The largest absolute Gasteiger partial charge is 0.329 e. The molecule has 1 fully saturated rings. The number of nitrogens with zero attached hydrogens (tertiary/aromatic N) is 1. The molecule has 1 aliphatic heterocycles. The van der Waals surface area contributed by atoms with Crippen LogP contribution in [0.1, 0.15) is 5.56 Å². The number of rotatable bonds is 5. The van der Waals surface area contributed by atoms with E-state index in [4.69, 9.17) is 11.6 Å². The third-order valence-electron chi connectivity index (χ3n) is 3.53. The van der Waals surface area contributed by atoms with Crippen molar-refractivity contribution in [1.82, 2.24) is 10.2 Å². The minimum atomic E-state index is -0.431.